The van der Waals surface area contributed by atoms with Crippen molar-refractivity contribution in [3.05, 3.63) is 0 Å². The van der Waals surface area contributed by atoms with Gasteiger partial charge in [-0.05, 0) is 14.0 Å². The van der Waals surface area contributed by atoms with Crippen LogP contribution in [-0.4, -0.2) is 56.4 Å². The summed E-state index contributed by atoms with van der Waals surface area (Å²) in [5, 5.41) is 0. The highest BCUT2D eigenvalue weighted by Crippen LogP contribution is 2.06. The average molecular weight is 158 g/mol. The van der Waals surface area contributed by atoms with Crippen molar-refractivity contribution in [2.75, 3.05) is 40.5 Å². The van der Waals surface area contributed by atoms with Crippen molar-refractivity contribution in [3.8, 4) is 0 Å². The zero-order valence-electron chi connectivity index (χ0n) is 7.71. The number of nitrogens with zero attached hydrogens (tertiary/aromatic N) is 2. The first-order valence-electron chi connectivity index (χ1n) is 4.15. The van der Waals surface area contributed by atoms with E-state index in [4.69, 9.17) is 4.74 Å². The maximum atomic E-state index is 5.09. The number of rotatable bonds is 2. The van der Waals surface area contributed by atoms with Crippen LogP contribution >= 0.6 is 0 Å². The third-order valence-corrected chi connectivity index (χ3v) is 2.26. The molecule has 0 aliphatic carbocycles. The van der Waals surface area contributed by atoms with Gasteiger partial charge < -0.3 is 9.64 Å². The van der Waals surface area contributed by atoms with Crippen molar-refractivity contribution >= 4 is 0 Å². The van der Waals surface area contributed by atoms with Gasteiger partial charge in [0.25, 0.3) is 0 Å². The van der Waals surface area contributed by atoms with Crippen LogP contribution in [0.25, 0.3) is 0 Å². The molecule has 0 amide bonds. The van der Waals surface area contributed by atoms with Gasteiger partial charge in [0.2, 0.25) is 0 Å². The molecule has 3 heteroatoms. The highest BCUT2D eigenvalue weighted by atomic mass is 16.5. The average Bonchev–Trinajstić information content (AvgIpc) is 1.95. The Morgan fingerprint density at radius 3 is 2.73 bits per heavy atom. The third-order valence-electron chi connectivity index (χ3n) is 2.26. The number of likely N-dealkylation sites (N-methyl/N-ethyl adjacent to an activating group) is 1. The number of piperazine rings is 1. The standard InChI is InChI=1S/C8H18N2O/c1-8-6-9(2)4-5-10(8)7-11-3/h8H,4-7H2,1-3H3/t8-/m1/s1. The first-order valence-corrected chi connectivity index (χ1v) is 4.15. The molecule has 0 aromatic rings. The normalized spacial score (nSPS) is 29.2. The maximum absolute atomic E-state index is 5.09. The largest absolute Gasteiger partial charge is 0.369 e. The molecule has 0 N–H and O–H groups in total. The van der Waals surface area contributed by atoms with E-state index in [1.807, 2.05) is 0 Å². The molecule has 1 rings (SSSR count). The molecular formula is C8H18N2O. The van der Waals surface area contributed by atoms with E-state index in [-0.39, 0.29) is 0 Å². The van der Waals surface area contributed by atoms with Crippen LogP contribution in [0.15, 0.2) is 0 Å². The Hall–Kier alpha value is -0.120. The number of hydrogen-bond donors (Lipinski definition) is 0. The fourth-order valence-electron chi connectivity index (χ4n) is 1.53. The molecule has 3 nitrogen and oxygen atoms in total. The van der Waals surface area contributed by atoms with Crippen molar-refractivity contribution in [3.63, 3.8) is 0 Å². The molecule has 0 saturated carbocycles. The Morgan fingerprint density at radius 2 is 2.18 bits per heavy atom. The van der Waals surface area contributed by atoms with Gasteiger partial charge in [-0.25, -0.2) is 0 Å². The van der Waals surface area contributed by atoms with Crippen molar-refractivity contribution < 1.29 is 4.74 Å². The molecule has 1 saturated heterocycles. The predicted molar refractivity (Wildman–Crippen MR) is 45.5 cm³/mol. The predicted octanol–water partition coefficient (Wildman–Crippen LogP) is 0.226. The van der Waals surface area contributed by atoms with Crippen LogP contribution in [0.2, 0.25) is 0 Å². The Kier molecular flexibility index (Phi) is 3.30. The van der Waals surface area contributed by atoms with Crippen LogP contribution in [0.5, 0.6) is 0 Å². The van der Waals surface area contributed by atoms with Crippen molar-refractivity contribution in [2.45, 2.75) is 13.0 Å². The fraction of sp³-hybridized carbons (Fsp3) is 1.00. The molecule has 11 heavy (non-hydrogen) atoms. The summed E-state index contributed by atoms with van der Waals surface area (Å²) in [5.74, 6) is 0. The summed E-state index contributed by atoms with van der Waals surface area (Å²) in [7, 11) is 3.92. The summed E-state index contributed by atoms with van der Waals surface area (Å²) in [5.41, 5.74) is 0. The monoisotopic (exact) mass is 158 g/mol. The molecular weight excluding hydrogens is 140 g/mol. The van der Waals surface area contributed by atoms with Gasteiger partial charge in [-0.2, -0.15) is 0 Å². The lowest BCUT2D eigenvalue weighted by atomic mass is 10.2. The Balaban J connectivity index is 2.31. The van der Waals surface area contributed by atoms with Crippen LogP contribution < -0.4 is 0 Å². The molecule has 0 spiro atoms. The van der Waals surface area contributed by atoms with Gasteiger partial charge in [-0.15, -0.1) is 0 Å². The van der Waals surface area contributed by atoms with Gasteiger partial charge in [0, 0.05) is 32.8 Å². The maximum Gasteiger partial charge on any atom is 0.0989 e. The summed E-state index contributed by atoms with van der Waals surface area (Å²) >= 11 is 0. The van der Waals surface area contributed by atoms with Crippen LogP contribution in [-0.2, 0) is 4.74 Å². The van der Waals surface area contributed by atoms with Gasteiger partial charge in [0.05, 0.1) is 6.73 Å². The van der Waals surface area contributed by atoms with E-state index in [1.165, 1.54) is 0 Å². The van der Waals surface area contributed by atoms with E-state index in [0.717, 1.165) is 26.4 Å². The van der Waals surface area contributed by atoms with Crippen molar-refractivity contribution in [2.24, 2.45) is 0 Å². The van der Waals surface area contributed by atoms with Gasteiger partial charge >= 0.3 is 0 Å². The van der Waals surface area contributed by atoms with E-state index in [9.17, 15) is 0 Å². The van der Waals surface area contributed by atoms with Crippen LogP contribution in [0.3, 0.4) is 0 Å². The lowest BCUT2D eigenvalue weighted by Gasteiger charge is -2.37. The summed E-state index contributed by atoms with van der Waals surface area (Å²) in [6.45, 7) is 6.46. The molecule has 1 heterocycles. The van der Waals surface area contributed by atoms with Gasteiger partial charge in [-0.1, -0.05) is 0 Å². The molecule has 0 aromatic carbocycles. The number of ether oxygens (including phenoxy) is 1. The zero-order valence-corrected chi connectivity index (χ0v) is 7.71. The lowest BCUT2D eigenvalue weighted by Crippen LogP contribution is -2.50. The quantitative estimate of drug-likeness (QED) is 0.572. The Morgan fingerprint density at radius 1 is 1.45 bits per heavy atom. The van der Waals surface area contributed by atoms with Crippen LogP contribution in [0.1, 0.15) is 6.92 Å². The SMILES string of the molecule is COCN1CCN(C)C[C@H]1C. The Labute approximate surface area is 68.9 Å². The summed E-state index contributed by atoms with van der Waals surface area (Å²) < 4.78 is 5.09. The molecule has 1 aliphatic heterocycles. The third kappa shape index (κ3) is 2.43. The lowest BCUT2D eigenvalue weighted by molar-refractivity contribution is 0.00123. The molecule has 0 aromatic heterocycles. The number of hydrogen-bond acceptors (Lipinski definition) is 3. The van der Waals surface area contributed by atoms with Gasteiger partial charge in [-0.3, -0.25) is 4.90 Å². The second kappa shape index (κ2) is 4.04. The minimum absolute atomic E-state index is 0.633. The highest BCUT2D eigenvalue weighted by Gasteiger charge is 2.20. The Bertz CT molecular complexity index is 119. The van der Waals surface area contributed by atoms with Crippen LogP contribution in [0, 0.1) is 0 Å². The highest BCUT2D eigenvalue weighted by molar-refractivity contribution is 4.74. The first kappa shape index (κ1) is 8.97. The smallest absolute Gasteiger partial charge is 0.0989 e. The summed E-state index contributed by atoms with van der Waals surface area (Å²) in [6, 6.07) is 0.633. The summed E-state index contributed by atoms with van der Waals surface area (Å²) in [6.07, 6.45) is 0. The minimum Gasteiger partial charge on any atom is -0.369 e. The second-order valence-corrected chi connectivity index (χ2v) is 3.34. The van der Waals surface area contributed by atoms with Crippen molar-refractivity contribution in [1.29, 1.82) is 0 Å². The number of methoxy groups -OCH3 is 1. The molecule has 0 bridgehead atoms. The molecule has 1 atom stereocenters. The zero-order chi connectivity index (χ0) is 8.27. The fourth-order valence-corrected chi connectivity index (χ4v) is 1.53. The minimum atomic E-state index is 0.633. The first-order chi connectivity index (χ1) is 5.24. The molecule has 1 aliphatic rings. The van der Waals surface area contributed by atoms with E-state index < -0.39 is 0 Å². The van der Waals surface area contributed by atoms with Gasteiger partial charge in [0.15, 0.2) is 0 Å². The molecule has 0 radical (unpaired) electrons. The van der Waals surface area contributed by atoms with E-state index in [2.05, 4.69) is 23.8 Å². The molecule has 1 fully saturated rings. The van der Waals surface area contributed by atoms with Gasteiger partial charge in [0.1, 0.15) is 0 Å². The van der Waals surface area contributed by atoms with E-state index >= 15 is 0 Å². The topological polar surface area (TPSA) is 15.7 Å². The van der Waals surface area contributed by atoms with E-state index in [0.29, 0.717) is 6.04 Å². The van der Waals surface area contributed by atoms with Crippen LogP contribution in [0.4, 0.5) is 0 Å². The molecule has 0 unspecified atom stereocenters. The molecule has 66 valence electrons. The van der Waals surface area contributed by atoms with Crippen molar-refractivity contribution in [1.82, 2.24) is 9.80 Å². The summed E-state index contributed by atoms with van der Waals surface area (Å²) in [4.78, 5) is 4.72. The van der Waals surface area contributed by atoms with E-state index in [1.54, 1.807) is 7.11 Å². The second-order valence-electron chi connectivity index (χ2n) is 3.34.